The molecule has 1 heteroatoms. The molecule has 1 heterocycles. The average Bonchev–Trinajstić information content (AvgIpc) is 2.09. The van der Waals surface area contributed by atoms with Gasteiger partial charge in [-0.15, -0.1) is 0 Å². The second kappa shape index (κ2) is 4.86. The first-order valence-corrected chi connectivity index (χ1v) is 5.44. The number of piperidine rings is 1. The Labute approximate surface area is 76.9 Å². The number of rotatable bonds is 3. The topological polar surface area (TPSA) is 12.0 Å². The molecule has 1 aliphatic heterocycles. The highest BCUT2D eigenvalue weighted by Gasteiger charge is 2.21. The Morgan fingerprint density at radius 3 is 2.83 bits per heavy atom. The lowest BCUT2D eigenvalue weighted by atomic mass is 9.81. The molecule has 1 aliphatic rings. The molecule has 0 radical (unpaired) electrons. The van der Waals surface area contributed by atoms with Crippen LogP contribution in [0.3, 0.4) is 0 Å². The first-order chi connectivity index (χ1) is 5.74. The van der Waals surface area contributed by atoms with E-state index in [0.29, 0.717) is 0 Å². The molecule has 12 heavy (non-hydrogen) atoms. The minimum atomic E-state index is 0.914. The van der Waals surface area contributed by atoms with Crippen molar-refractivity contribution in [3.8, 4) is 0 Å². The summed E-state index contributed by atoms with van der Waals surface area (Å²) in [6.07, 6.45) is 4.13. The van der Waals surface area contributed by atoms with E-state index in [1.54, 1.807) is 0 Å². The van der Waals surface area contributed by atoms with Gasteiger partial charge in [0.1, 0.15) is 0 Å². The Bertz CT molecular complexity index is 122. The largest absolute Gasteiger partial charge is 0.316 e. The predicted molar refractivity (Wildman–Crippen MR) is 54.2 cm³/mol. The molecule has 3 atom stereocenters. The van der Waals surface area contributed by atoms with Crippen molar-refractivity contribution in [2.24, 2.45) is 17.8 Å². The summed E-state index contributed by atoms with van der Waals surface area (Å²) in [7, 11) is 0. The SMILES string of the molecule is CCC(C)CC1CNCCC1C. The maximum absolute atomic E-state index is 3.49. The van der Waals surface area contributed by atoms with Crippen molar-refractivity contribution in [1.29, 1.82) is 0 Å². The smallest absolute Gasteiger partial charge is 0.00179 e. The van der Waals surface area contributed by atoms with Crippen molar-refractivity contribution >= 4 is 0 Å². The van der Waals surface area contributed by atoms with Crippen LogP contribution in [0, 0.1) is 17.8 Å². The number of hydrogen-bond donors (Lipinski definition) is 1. The molecule has 72 valence electrons. The molecule has 1 rings (SSSR count). The third-order valence-corrected chi connectivity index (χ3v) is 3.39. The van der Waals surface area contributed by atoms with Gasteiger partial charge in [0.15, 0.2) is 0 Å². The molecule has 1 fully saturated rings. The summed E-state index contributed by atoms with van der Waals surface area (Å²) in [5.41, 5.74) is 0. The van der Waals surface area contributed by atoms with Crippen LogP contribution in [0.5, 0.6) is 0 Å². The fourth-order valence-electron chi connectivity index (χ4n) is 2.05. The van der Waals surface area contributed by atoms with Crippen molar-refractivity contribution in [2.75, 3.05) is 13.1 Å². The number of hydrogen-bond acceptors (Lipinski definition) is 1. The van der Waals surface area contributed by atoms with Gasteiger partial charge < -0.3 is 5.32 Å². The molecule has 1 saturated heterocycles. The summed E-state index contributed by atoms with van der Waals surface area (Å²) in [6, 6.07) is 0. The molecule has 0 spiro atoms. The molecule has 0 aromatic heterocycles. The molecule has 0 aliphatic carbocycles. The molecular formula is C11H23N. The highest BCUT2D eigenvalue weighted by Crippen LogP contribution is 2.25. The minimum absolute atomic E-state index is 0.914. The fourth-order valence-corrected chi connectivity index (χ4v) is 2.05. The second-order valence-corrected chi connectivity index (χ2v) is 4.48. The molecule has 0 aromatic rings. The highest BCUT2D eigenvalue weighted by atomic mass is 14.9. The van der Waals surface area contributed by atoms with Crippen LogP contribution >= 0.6 is 0 Å². The molecule has 0 saturated carbocycles. The monoisotopic (exact) mass is 169 g/mol. The predicted octanol–water partition coefficient (Wildman–Crippen LogP) is 2.67. The van der Waals surface area contributed by atoms with E-state index in [2.05, 4.69) is 26.1 Å². The summed E-state index contributed by atoms with van der Waals surface area (Å²) in [5.74, 6) is 2.80. The van der Waals surface area contributed by atoms with Gasteiger partial charge in [0.25, 0.3) is 0 Å². The molecular weight excluding hydrogens is 146 g/mol. The van der Waals surface area contributed by atoms with Crippen molar-refractivity contribution in [3.05, 3.63) is 0 Å². The molecule has 0 aromatic carbocycles. The molecule has 0 bridgehead atoms. The Balaban J connectivity index is 2.28. The van der Waals surface area contributed by atoms with Gasteiger partial charge in [0.2, 0.25) is 0 Å². The van der Waals surface area contributed by atoms with E-state index in [1.165, 1.54) is 32.4 Å². The van der Waals surface area contributed by atoms with Crippen LogP contribution in [-0.2, 0) is 0 Å². The van der Waals surface area contributed by atoms with Crippen LogP contribution in [0.25, 0.3) is 0 Å². The van der Waals surface area contributed by atoms with Crippen LogP contribution in [0.1, 0.15) is 40.0 Å². The van der Waals surface area contributed by atoms with Gasteiger partial charge in [-0.2, -0.15) is 0 Å². The Hall–Kier alpha value is -0.0400. The maximum Gasteiger partial charge on any atom is -0.00179 e. The molecule has 3 unspecified atom stereocenters. The van der Waals surface area contributed by atoms with Crippen molar-refractivity contribution < 1.29 is 0 Å². The third kappa shape index (κ3) is 2.78. The van der Waals surface area contributed by atoms with Gasteiger partial charge in [-0.05, 0) is 43.7 Å². The van der Waals surface area contributed by atoms with E-state index in [-0.39, 0.29) is 0 Å². The van der Waals surface area contributed by atoms with Crippen molar-refractivity contribution in [1.82, 2.24) is 5.32 Å². The van der Waals surface area contributed by atoms with E-state index < -0.39 is 0 Å². The molecule has 1 nitrogen and oxygen atoms in total. The first-order valence-electron chi connectivity index (χ1n) is 5.44. The summed E-state index contributed by atoms with van der Waals surface area (Å²) in [5, 5.41) is 3.49. The lowest BCUT2D eigenvalue weighted by Crippen LogP contribution is -2.36. The summed E-state index contributed by atoms with van der Waals surface area (Å²) in [4.78, 5) is 0. The van der Waals surface area contributed by atoms with E-state index in [9.17, 15) is 0 Å². The zero-order valence-corrected chi connectivity index (χ0v) is 8.77. The first kappa shape index (κ1) is 10.0. The molecule has 1 N–H and O–H groups in total. The van der Waals surface area contributed by atoms with Crippen LogP contribution in [0.4, 0.5) is 0 Å². The van der Waals surface area contributed by atoms with Crippen LogP contribution in [0.2, 0.25) is 0 Å². The van der Waals surface area contributed by atoms with Gasteiger partial charge in [-0.25, -0.2) is 0 Å². The normalized spacial score (nSPS) is 33.2. The standard InChI is InChI=1S/C11H23N/c1-4-9(2)7-11-8-12-6-5-10(11)3/h9-12H,4-8H2,1-3H3. The second-order valence-electron chi connectivity index (χ2n) is 4.48. The lowest BCUT2D eigenvalue weighted by Gasteiger charge is -2.31. The summed E-state index contributed by atoms with van der Waals surface area (Å²) in [6.45, 7) is 9.57. The van der Waals surface area contributed by atoms with Gasteiger partial charge in [0, 0.05) is 0 Å². The van der Waals surface area contributed by atoms with E-state index in [0.717, 1.165) is 17.8 Å². The maximum atomic E-state index is 3.49. The van der Waals surface area contributed by atoms with Crippen LogP contribution in [0.15, 0.2) is 0 Å². The average molecular weight is 169 g/mol. The quantitative estimate of drug-likeness (QED) is 0.685. The van der Waals surface area contributed by atoms with Crippen LogP contribution < -0.4 is 5.32 Å². The number of nitrogens with one attached hydrogen (secondary N) is 1. The van der Waals surface area contributed by atoms with Crippen molar-refractivity contribution in [2.45, 2.75) is 40.0 Å². The Morgan fingerprint density at radius 2 is 2.25 bits per heavy atom. The zero-order chi connectivity index (χ0) is 8.97. The van der Waals surface area contributed by atoms with Gasteiger partial charge in [0.05, 0.1) is 0 Å². The Kier molecular flexibility index (Phi) is 4.07. The van der Waals surface area contributed by atoms with E-state index >= 15 is 0 Å². The van der Waals surface area contributed by atoms with Gasteiger partial charge in [-0.1, -0.05) is 27.2 Å². The van der Waals surface area contributed by atoms with Crippen molar-refractivity contribution in [3.63, 3.8) is 0 Å². The van der Waals surface area contributed by atoms with Gasteiger partial charge in [-0.3, -0.25) is 0 Å². The summed E-state index contributed by atoms with van der Waals surface area (Å²) >= 11 is 0. The van der Waals surface area contributed by atoms with E-state index in [1.807, 2.05) is 0 Å². The minimum Gasteiger partial charge on any atom is -0.316 e. The lowest BCUT2D eigenvalue weighted by molar-refractivity contribution is 0.229. The van der Waals surface area contributed by atoms with Gasteiger partial charge >= 0.3 is 0 Å². The highest BCUT2D eigenvalue weighted by molar-refractivity contribution is 4.76. The van der Waals surface area contributed by atoms with Crippen LogP contribution in [-0.4, -0.2) is 13.1 Å². The molecule has 0 amide bonds. The third-order valence-electron chi connectivity index (χ3n) is 3.39. The summed E-state index contributed by atoms with van der Waals surface area (Å²) < 4.78 is 0. The Morgan fingerprint density at radius 1 is 1.50 bits per heavy atom. The zero-order valence-electron chi connectivity index (χ0n) is 8.77. The van der Waals surface area contributed by atoms with E-state index in [4.69, 9.17) is 0 Å². The fraction of sp³-hybridized carbons (Fsp3) is 1.00.